The van der Waals surface area contributed by atoms with E-state index in [4.69, 9.17) is 0 Å². The maximum absolute atomic E-state index is 9.31. The molecular formula is C11H18N2. The predicted octanol–water partition coefficient (Wildman–Crippen LogP) is 2.31. The van der Waals surface area contributed by atoms with Crippen molar-refractivity contribution in [3.63, 3.8) is 0 Å². The topological polar surface area (TPSA) is 27.0 Å². The van der Waals surface area contributed by atoms with Crippen molar-refractivity contribution in [2.45, 2.75) is 50.5 Å². The molecule has 2 fully saturated rings. The Labute approximate surface area is 80.5 Å². The second kappa shape index (κ2) is 3.67. The molecule has 0 bridgehead atoms. The molecule has 72 valence electrons. The fraction of sp³-hybridized carbons (Fsp3) is 0.909. The Balaban J connectivity index is 2.08. The summed E-state index contributed by atoms with van der Waals surface area (Å²) in [5.74, 6) is 0. The highest BCUT2D eigenvalue weighted by Gasteiger charge is 2.39. The van der Waals surface area contributed by atoms with Crippen molar-refractivity contribution >= 4 is 0 Å². The van der Waals surface area contributed by atoms with Crippen LogP contribution in [0.25, 0.3) is 0 Å². The van der Waals surface area contributed by atoms with E-state index in [2.05, 4.69) is 11.0 Å². The molecule has 1 heterocycles. The summed E-state index contributed by atoms with van der Waals surface area (Å²) in [6, 6.07) is 2.59. The van der Waals surface area contributed by atoms with Crippen LogP contribution in [0.2, 0.25) is 0 Å². The van der Waals surface area contributed by atoms with Gasteiger partial charge < -0.3 is 0 Å². The van der Waals surface area contributed by atoms with Gasteiger partial charge in [-0.3, -0.25) is 4.90 Å². The molecule has 1 aliphatic carbocycles. The molecule has 0 spiro atoms. The largest absolute Gasteiger partial charge is 0.286 e. The summed E-state index contributed by atoms with van der Waals surface area (Å²) in [5.41, 5.74) is -0.0608. The van der Waals surface area contributed by atoms with Gasteiger partial charge in [0.2, 0.25) is 0 Å². The van der Waals surface area contributed by atoms with Crippen molar-refractivity contribution < 1.29 is 0 Å². The molecule has 0 aromatic heterocycles. The molecule has 1 saturated carbocycles. The van der Waals surface area contributed by atoms with E-state index in [0.717, 1.165) is 25.9 Å². The van der Waals surface area contributed by atoms with Crippen LogP contribution in [-0.2, 0) is 0 Å². The Morgan fingerprint density at radius 1 is 0.923 bits per heavy atom. The number of likely N-dealkylation sites (tertiary alicyclic amines) is 1. The van der Waals surface area contributed by atoms with Gasteiger partial charge >= 0.3 is 0 Å². The van der Waals surface area contributed by atoms with Crippen molar-refractivity contribution in [2.75, 3.05) is 13.1 Å². The summed E-state index contributed by atoms with van der Waals surface area (Å²) in [7, 11) is 0. The van der Waals surface area contributed by atoms with E-state index in [1.54, 1.807) is 0 Å². The van der Waals surface area contributed by atoms with Crippen molar-refractivity contribution in [3.8, 4) is 6.07 Å². The molecule has 1 aliphatic heterocycles. The lowest BCUT2D eigenvalue weighted by molar-refractivity contribution is 0.126. The normalized spacial score (nSPS) is 28.5. The third-order valence-corrected chi connectivity index (χ3v) is 3.60. The summed E-state index contributed by atoms with van der Waals surface area (Å²) >= 11 is 0. The first kappa shape index (κ1) is 9.02. The van der Waals surface area contributed by atoms with E-state index in [0.29, 0.717) is 0 Å². The first-order valence-corrected chi connectivity index (χ1v) is 5.54. The van der Waals surface area contributed by atoms with Gasteiger partial charge in [-0.05, 0) is 38.8 Å². The first-order chi connectivity index (χ1) is 6.37. The van der Waals surface area contributed by atoms with E-state index in [9.17, 15) is 5.26 Å². The van der Waals surface area contributed by atoms with Crippen LogP contribution in [0.3, 0.4) is 0 Å². The summed E-state index contributed by atoms with van der Waals surface area (Å²) < 4.78 is 0. The molecule has 1 saturated heterocycles. The van der Waals surface area contributed by atoms with Crippen LogP contribution in [0, 0.1) is 11.3 Å². The lowest BCUT2D eigenvalue weighted by Gasteiger charge is -2.38. The van der Waals surface area contributed by atoms with Gasteiger partial charge in [-0.25, -0.2) is 0 Å². The smallest absolute Gasteiger partial charge is 0.109 e. The lowest BCUT2D eigenvalue weighted by Crippen LogP contribution is -2.47. The summed E-state index contributed by atoms with van der Waals surface area (Å²) in [4.78, 5) is 2.44. The molecule has 0 amide bonds. The number of nitrogens with zero attached hydrogens (tertiary/aromatic N) is 2. The van der Waals surface area contributed by atoms with E-state index >= 15 is 0 Å². The summed E-state index contributed by atoms with van der Waals surface area (Å²) in [5, 5.41) is 9.31. The maximum Gasteiger partial charge on any atom is 0.109 e. The van der Waals surface area contributed by atoms with E-state index in [-0.39, 0.29) is 5.54 Å². The van der Waals surface area contributed by atoms with Gasteiger partial charge in [-0.15, -0.1) is 0 Å². The van der Waals surface area contributed by atoms with Gasteiger partial charge in [-0.1, -0.05) is 19.3 Å². The van der Waals surface area contributed by atoms with E-state index in [1.807, 2.05) is 0 Å². The van der Waals surface area contributed by atoms with Crippen molar-refractivity contribution in [2.24, 2.45) is 0 Å². The average Bonchev–Trinajstić information content (AvgIpc) is 2.72. The molecule has 0 aromatic carbocycles. The highest BCUT2D eigenvalue weighted by molar-refractivity contribution is 5.10. The van der Waals surface area contributed by atoms with Crippen LogP contribution in [0.5, 0.6) is 0 Å². The van der Waals surface area contributed by atoms with Crippen LogP contribution < -0.4 is 0 Å². The summed E-state index contributed by atoms with van der Waals surface area (Å²) in [6.45, 7) is 2.32. The summed E-state index contributed by atoms with van der Waals surface area (Å²) in [6.07, 6.45) is 8.66. The average molecular weight is 178 g/mol. The van der Waals surface area contributed by atoms with E-state index in [1.165, 1.54) is 32.1 Å². The van der Waals surface area contributed by atoms with Crippen LogP contribution in [0.1, 0.15) is 44.9 Å². The minimum atomic E-state index is -0.0608. The Hall–Kier alpha value is -0.550. The third kappa shape index (κ3) is 1.58. The zero-order chi connectivity index (χ0) is 9.15. The monoisotopic (exact) mass is 178 g/mol. The molecule has 2 aliphatic rings. The minimum Gasteiger partial charge on any atom is -0.286 e. The van der Waals surface area contributed by atoms with Gasteiger partial charge in [0.05, 0.1) is 6.07 Å². The van der Waals surface area contributed by atoms with Gasteiger partial charge in [0, 0.05) is 0 Å². The molecule has 0 N–H and O–H groups in total. The molecule has 2 rings (SSSR count). The Kier molecular flexibility index (Phi) is 2.55. The number of hydrogen-bond donors (Lipinski definition) is 0. The van der Waals surface area contributed by atoms with Crippen LogP contribution in [0.15, 0.2) is 0 Å². The molecule has 0 unspecified atom stereocenters. The second-order valence-electron chi connectivity index (χ2n) is 4.40. The van der Waals surface area contributed by atoms with E-state index < -0.39 is 0 Å². The van der Waals surface area contributed by atoms with Crippen LogP contribution >= 0.6 is 0 Å². The molecule has 0 atom stereocenters. The number of hydrogen-bond acceptors (Lipinski definition) is 2. The van der Waals surface area contributed by atoms with Crippen LogP contribution in [0.4, 0.5) is 0 Å². The fourth-order valence-electron chi connectivity index (χ4n) is 2.78. The highest BCUT2D eigenvalue weighted by atomic mass is 15.2. The molecule has 2 heteroatoms. The second-order valence-corrected chi connectivity index (χ2v) is 4.40. The molecule has 13 heavy (non-hydrogen) atoms. The fourth-order valence-corrected chi connectivity index (χ4v) is 2.78. The first-order valence-electron chi connectivity index (χ1n) is 5.54. The van der Waals surface area contributed by atoms with Gasteiger partial charge in [0.25, 0.3) is 0 Å². The van der Waals surface area contributed by atoms with Crippen molar-refractivity contribution in [3.05, 3.63) is 0 Å². The van der Waals surface area contributed by atoms with Crippen molar-refractivity contribution in [1.82, 2.24) is 4.90 Å². The molecule has 0 radical (unpaired) electrons. The standard InChI is InChI=1S/C11H18N2/c12-10-11(6-2-1-3-7-11)13-8-4-5-9-13/h1-9H2. The molecular weight excluding hydrogens is 160 g/mol. The van der Waals surface area contributed by atoms with Crippen LogP contribution in [-0.4, -0.2) is 23.5 Å². The van der Waals surface area contributed by atoms with Gasteiger partial charge in [0.15, 0.2) is 0 Å². The molecule has 0 aromatic rings. The Bertz CT molecular complexity index is 205. The van der Waals surface area contributed by atoms with Gasteiger partial charge in [0.1, 0.15) is 5.54 Å². The Morgan fingerprint density at radius 3 is 2.08 bits per heavy atom. The lowest BCUT2D eigenvalue weighted by atomic mass is 9.81. The van der Waals surface area contributed by atoms with Gasteiger partial charge in [-0.2, -0.15) is 5.26 Å². The SMILES string of the molecule is N#CC1(N2CCCC2)CCCCC1. The predicted molar refractivity (Wildman–Crippen MR) is 52.2 cm³/mol. The number of rotatable bonds is 1. The Morgan fingerprint density at radius 2 is 1.54 bits per heavy atom. The zero-order valence-electron chi connectivity index (χ0n) is 8.26. The number of nitriles is 1. The zero-order valence-corrected chi connectivity index (χ0v) is 8.26. The minimum absolute atomic E-state index is 0.0608. The third-order valence-electron chi connectivity index (χ3n) is 3.60. The van der Waals surface area contributed by atoms with Crippen molar-refractivity contribution in [1.29, 1.82) is 5.26 Å². The quantitative estimate of drug-likeness (QED) is 0.616. The maximum atomic E-state index is 9.31. The highest BCUT2D eigenvalue weighted by Crippen LogP contribution is 2.35. The molecule has 2 nitrogen and oxygen atoms in total.